The van der Waals surface area contributed by atoms with Crippen LogP contribution in [0.5, 0.6) is 0 Å². The van der Waals surface area contributed by atoms with E-state index in [9.17, 15) is 9.90 Å². The van der Waals surface area contributed by atoms with Crippen LogP contribution in [0.2, 0.25) is 0 Å². The lowest BCUT2D eigenvalue weighted by atomic mass is 10.2. The number of aromatic carboxylic acids is 1. The molecule has 0 unspecified atom stereocenters. The van der Waals surface area contributed by atoms with Crippen molar-refractivity contribution in [1.29, 1.82) is 0 Å². The molecule has 1 N–H and O–H groups in total. The van der Waals surface area contributed by atoms with Crippen molar-refractivity contribution in [2.75, 3.05) is 12.0 Å². The van der Waals surface area contributed by atoms with Crippen LogP contribution in [0.25, 0.3) is 10.6 Å². The number of nitrogens with zero attached hydrogens (tertiary/aromatic N) is 4. The molecule has 0 aromatic carbocycles. The summed E-state index contributed by atoms with van der Waals surface area (Å²) in [4.78, 5) is 16.5. The Kier molecular flexibility index (Phi) is 4.77. The first-order valence-corrected chi connectivity index (χ1v) is 8.35. The van der Waals surface area contributed by atoms with E-state index in [1.165, 1.54) is 11.3 Å². The van der Waals surface area contributed by atoms with Crippen LogP contribution in [0.15, 0.2) is 0 Å². The highest BCUT2D eigenvalue weighted by molar-refractivity contribution is 7.98. The Morgan fingerprint density at radius 3 is 2.75 bits per heavy atom. The largest absolute Gasteiger partial charge is 0.476 e. The highest BCUT2D eigenvalue weighted by Gasteiger charge is 2.23. The van der Waals surface area contributed by atoms with Gasteiger partial charge in [-0.2, -0.15) is 11.8 Å². The fraction of sp³-hybridized carbons (Fsp3) is 0.500. The zero-order valence-electron chi connectivity index (χ0n) is 11.6. The quantitative estimate of drug-likeness (QED) is 0.825. The number of hydrogen-bond acceptors (Lipinski definition) is 6. The van der Waals surface area contributed by atoms with Crippen LogP contribution in [0.4, 0.5) is 0 Å². The summed E-state index contributed by atoms with van der Waals surface area (Å²) in [5.41, 5.74) is 1.39. The van der Waals surface area contributed by atoms with E-state index in [4.69, 9.17) is 0 Å². The fourth-order valence-corrected chi connectivity index (χ4v) is 3.34. The molecule has 0 radical (unpaired) electrons. The number of aryl methyl sites for hydroxylation is 3. The molecular weight excluding hydrogens is 296 g/mol. The van der Waals surface area contributed by atoms with E-state index in [0.29, 0.717) is 12.2 Å². The second-order valence-electron chi connectivity index (χ2n) is 4.31. The van der Waals surface area contributed by atoms with Crippen LogP contribution in [0.3, 0.4) is 0 Å². The minimum Gasteiger partial charge on any atom is -0.476 e. The first-order chi connectivity index (χ1) is 9.54. The third-order valence-electron chi connectivity index (χ3n) is 2.77. The number of hydrogen-bond donors (Lipinski definition) is 1. The van der Waals surface area contributed by atoms with Gasteiger partial charge in [-0.3, -0.25) is 0 Å². The minimum absolute atomic E-state index is 0.000835. The van der Waals surface area contributed by atoms with Gasteiger partial charge in [0, 0.05) is 6.54 Å². The summed E-state index contributed by atoms with van der Waals surface area (Å²) in [6, 6.07) is 0. The number of aromatic nitrogens is 4. The first-order valence-electron chi connectivity index (χ1n) is 6.14. The highest BCUT2D eigenvalue weighted by atomic mass is 32.2. The van der Waals surface area contributed by atoms with E-state index in [2.05, 4.69) is 15.3 Å². The standard InChI is InChI=1S/C12H16N4O2S2/c1-7-11(20-8(2)13-7)10-9(12(17)18)14-15-16(10)5-4-6-19-3/h4-6H2,1-3H3,(H,17,18). The maximum absolute atomic E-state index is 11.3. The molecule has 0 aliphatic rings. The van der Waals surface area contributed by atoms with Crippen LogP contribution in [-0.4, -0.2) is 43.1 Å². The lowest BCUT2D eigenvalue weighted by molar-refractivity contribution is 0.0691. The molecule has 20 heavy (non-hydrogen) atoms. The molecule has 0 aliphatic heterocycles. The summed E-state index contributed by atoms with van der Waals surface area (Å²) in [5, 5.41) is 18.0. The monoisotopic (exact) mass is 312 g/mol. The molecule has 2 rings (SSSR count). The minimum atomic E-state index is -1.05. The van der Waals surface area contributed by atoms with E-state index < -0.39 is 5.97 Å². The third kappa shape index (κ3) is 3.01. The zero-order chi connectivity index (χ0) is 14.7. The molecule has 0 spiro atoms. The van der Waals surface area contributed by atoms with Gasteiger partial charge in [0.1, 0.15) is 5.69 Å². The molecule has 2 aromatic rings. The average Bonchev–Trinajstić information content (AvgIpc) is 2.93. The molecule has 108 valence electrons. The van der Waals surface area contributed by atoms with Crippen molar-refractivity contribution in [2.24, 2.45) is 0 Å². The summed E-state index contributed by atoms with van der Waals surface area (Å²) in [7, 11) is 0. The van der Waals surface area contributed by atoms with Crippen molar-refractivity contribution < 1.29 is 9.90 Å². The van der Waals surface area contributed by atoms with E-state index in [1.54, 1.807) is 16.4 Å². The molecule has 0 saturated carbocycles. The van der Waals surface area contributed by atoms with Crippen LogP contribution < -0.4 is 0 Å². The normalized spacial score (nSPS) is 10.9. The van der Waals surface area contributed by atoms with Gasteiger partial charge in [0.25, 0.3) is 0 Å². The summed E-state index contributed by atoms with van der Waals surface area (Å²) in [6.45, 7) is 4.44. The van der Waals surface area contributed by atoms with Gasteiger partial charge in [-0.15, -0.1) is 16.4 Å². The van der Waals surface area contributed by atoms with Crippen molar-refractivity contribution in [2.45, 2.75) is 26.8 Å². The molecule has 0 aliphatic carbocycles. The van der Waals surface area contributed by atoms with Gasteiger partial charge in [-0.1, -0.05) is 5.21 Å². The van der Waals surface area contributed by atoms with Gasteiger partial charge in [0.2, 0.25) is 0 Å². The third-order valence-corrected chi connectivity index (χ3v) is 4.55. The molecule has 6 nitrogen and oxygen atoms in total. The van der Waals surface area contributed by atoms with Crippen molar-refractivity contribution in [3.63, 3.8) is 0 Å². The van der Waals surface area contributed by atoms with E-state index in [-0.39, 0.29) is 5.69 Å². The summed E-state index contributed by atoms with van der Waals surface area (Å²) in [6.07, 6.45) is 2.97. The second kappa shape index (κ2) is 6.36. The van der Waals surface area contributed by atoms with Crippen molar-refractivity contribution >= 4 is 29.1 Å². The SMILES string of the molecule is CSCCCn1nnc(C(=O)O)c1-c1sc(C)nc1C. The van der Waals surface area contributed by atoms with E-state index in [0.717, 1.165) is 27.8 Å². The summed E-state index contributed by atoms with van der Waals surface area (Å²) in [5.74, 6) is -0.0517. The van der Waals surface area contributed by atoms with E-state index in [1.807, 2.05) is 20.1 Å². The Morgan fingerprint density at radius 2 is 2.20 bits per heavy atom. The van der Waals surface area contributed by atoms with Gasteiger partial charge in [0.05, 0.1) is 15.6 Å². The van der Waals surface area contributed by atoms with Gasteiger partial charge in [-0.05, 0) is 32.3 Å². The first kappa shape index (κ1) is 15.0. The summed E-state index contributed by atoms with van der Waals surface area (Å²) < 4.78 is 1.68. The van der Waals surface area contributed by atoms with Gasteiger partial charge < -0.3 is 5.11 Å². The topological polar surface area (TPSA) is 80.9 Å². The van der Waals surface area contributed by atoms with Crippen LogP contribution in [-0.2, 0) is 6.54 Å². The fourth-order valence-electron chi connectivity index (χ4n) is 1.95. The predicted molar refractivity (Wildman–Crippen MR) is 80.6 cm³/mol. The maximum atomic E-state index is 11.3. The lowest BCUT2D eigenvalue weighted by Gasteiger charge is -2.05. The number of thioether (sulfide) groups is 1. The molecule has 0 amide bonds. The Labute approximate surface area is 125 Å². The molecule has 2 heterocycles. The number of carboxylic acid groups (broad SMARTS) is 1. The van der Waals surface area contributed by atoms with E-state index >= 15 is 0 Å². The number of carboxylic acids is 1. The van der Waals surface area contributed by atoms with Gasteiger partial charge >= 0.3 is 5.97 Å². The molecular formula is C12H16N4O2S2. The van der Waals surface area contributed by atoms with Crippen LogP contribution >= 0.6 is 23.1 Å². The number of rotatable bonds is 6. The predicted octanol–water partition coefficient (Wildman–Crippen LogP) is 2.47. The van der Waals surface area contributed by atoms with Crippen molar-refractivity contribution in [3.8, 4) is 10.6 Å². The Morgan fingerprint density at radius 1 is 1.45 bits per heavy atom. The Balaban J connectivity index is 2.44. The molecule has 0 fully saturated rings. The van der Waals surface area contributed by atoms with Crippen LogP contribution in [0.1, 0.15) is 27.6 Å². The number of thiazole rings is 1. The molecule has 0 bridgehead atoms. The zero-order valence-corrected chi connectivity index (χ0v) is 13.2. The highest BCUT2D eigenvalue weighted by Crippen LogP contribution is 2.31. The second-order valence-corrected chi connectivity index (χ2v) is 6.50. The Hall–Kier alpha value is -1.41. The molecule has 0 atom stereocenters. The van der Waals surface area contributed by atoms with Crippen molar-refractivity contribution in [3.05, 3.63) is 16.4 Å². The smallest absolute Gasteiger partial charge is 0.358 e. The average molecular weight is 312 g/mol. The van der Waals surface area contributed by atoms with Gasteiger partial charge in [-0.25, -0.2) is 14.5 Å². The molecule has 8 heteroatoms. The van der Waals surface area contributed by atoms with Crippen molar-refractivity contribution in [1.82, 2.24) is 20.0 Å². The molecule has 0 saturated heterocycles. The Bertz CT molecular complexity index is 621. The van der Waals surface area contributed by atoms with Gasteiger partial charge in [0.15, 0.2) is 5.69 Å². The maximum Gasteiger partial charge on any atom is 0.358 e. The lowest BCUT2D eigenvalue weighted by Crippen LogP contribution is -2.05. The number of carbonyl (C=O) groups is 1. The summed E-state index contributed by atoms with van der Waals surface area (Å²) >= 11 is 3.23. The molecule has 2 aromatic heterocycles. The van der Waals surface area contributed by atoms with Crippen LogP contribution in [0, 0.1) is 13.8 Å².